The molecule has 8 nitrogen and oxygen atoms in total. The quantitative estimate of drug-likeness (QED) is 0.690. The molecule has 6 rings (SSSR count). The van der Waals surface area contributed by atoms with Crippen LogP contribution in [0, 0.1) is 5.82 Å². The van der Waals surface area contributed by atoms with Crippen molar-refractivity contribution >= 4 is 0 Å². The molecule has 0 bridgehead atoms. The molecule has 0 unspecified atom stereocenters. The minimum atomic E-state index is -0.596. The number of halogens is 1. The number of rotatable bonds is 5. The Balaban J connectivity index is 1.21. The summed E-state index contributed by atoms with van der Waals surface area (Å²) in [6.07, 6.45) is 6.85. The highest BCUT2D eigenvalue weighted by Crippen LogP contribution is 2.49. The van der Waals surface area contributed by atoms with Crippen molar-refractivity contribution in [1.82, 2.24) is 0 Å². The molecule has 0 aromatic carbocycles. The normalized spacial score (nSPS) is 37.9. The summed E-state index contributed by atoms with van der Waals surface area (Å²) in [5.74, 6) is -1.54. The fourth-order valence-electron chi connectivity index (χ4n) is 5.68. The summed E-state index contributed by atoms with van der Waals surface area (Å²) < 4.78 is 62.1. The molecule has 172 valence electrons. The van der Waals surface area contributed by atoms with Crippen molar-refractivity contribution in [2.45, 2.75) is 100 Å². The Morgan fingerprint density at radius 2 is 1.74 bits per heavy atom. The third kappa shape index (κ3) is 3.41. The Morgan fingerprint density at radius 1 is 1.00 bits per heavy atom. The van der Waals surface area contributed by atoms with Gasteiger partial charge in [-0.15, -0.1) is 0 Å². The molecular formula is C22H29FO8. The van der Waals surface area contributed by atoms with Gasteiger partial charge in [-0.05, 0) is 25.7 Å². The molecular weight excluding hydrogens is 411 g/mol. The van der Waals surface area contributed by atoms with Crippen molar-refractivity contribution in [1.29, 1.82) is 0 Å². The molecule has 5 atom stereocenters. The van der Waals surface area contributed by atoms with E-state index in [0.29, 0.717) is 6.61 Å². The highest BCUT2D eigenvalue weighted by atomic mass is 19.1. The van der Waals surface area contributed by atoms with Crippen LogP contribution < -0.4 is 4.74 Å². The molecule has 5 aliphatic rings. The molecule has 2 saturated carbocycles. The summed E-state index contributed by atoms with van der Waals surface area (Å²) >= 11 is 0. The average Bonchev–Trinajstić information content (AvgIpc) is 3.59. The monoisotopic (exact) mass is 440 g/mol. The number of ether oxygens (including phenoxy) is 7. The molecule has 9 heteroatoms. The number of furan rings is 1. The van der Waals surface area contributed by atoms with Gasteiger partial charge in [0.1, 0.15) is 37.3 Å². The van der Waals surface area contributed by atoms with Crippen LogP contribution in [0.15, 0.2) is 10.7 Å². The Bertz CT molecular complexity index is 799. The van der Waals surface area contributed by atoms with Crippen LogP contribution >= 0.6 is 0 Å². The number of hydrogen-bond donors (Lipinski definition) is 0. The zero-order valence-corrected chi connectivity index (χ0v) is 17.7. The van der Waals surface area contributed by atoms with E-state index in [-0.39, 0.29) is 24.2 Å². The van der Waals surface area contributed by atoms with Gasteiger partial charge in [0, 0.05) is 25.7 Å². The van der Waals surface area contributed by atoms with E-state index in [1.807, 2.05) is 0 Å². The van der Waals surface area contributed by atoms with Crippen molar-refractivity contribution < 1.29 is 42.0 Å². The van der Waals surface area contributed by atoms with Crippen molar-refractivity contribution in [2.24, 2.45) is 0 Å². The van der Waals surface area contributed by atoms with E-state index in [2.05, 4.69) is 0 Å². The van der Waals surface area contributed by atoms with Crippen LogP contribution in [0.4, 0.5) is 4.39 Å². The van der Waals surface area contributed by atoms with Crippen molar-refractivity contribution in [2.75, 3.05) is 13.7 Å². The lowest BCUT2D eigenvalue weighted by Crippen LogP contribution is -2.44. The topological polar surface area (TPSA) is 77.8 Å². The first-order valence-corrected chi connectivity index (χ1v) is 11.3. The zero-order chi connectivity index (χ0) is 21.1. The standard InChI is InChI=1S/C22H29FO8/c1-24-13-10-25-14(16(13)23)11-26-18-17(15-12-27-21(29-15)6-2-3-7-21)28-20-19(18)30-22(31-20)8-4-5-9-22/h10,15,17-20H,2-9,11-12H2,1H3/t15-,17-,18+,19-,20-/m1/s1. The van der Waals surface area contributed by atoms with Gasteiger partial charge in [-0.1, -0.05) is 0 Å². The Morgan fingerprint density at radius 3 is 2.45 bits per heavy atom. The molecule has 0 amide bonds. The summed E-state index contributed by atoms with van der Waals surface area (Å²) in [5.41, 5.74) is 0. The van der Waals surface area contributed by atoms with Gasteiger partial charge < -0.3 is 37.6 Å². The van der Waals surface area contributed by atoms with E-state index < -0.39 is 42.0 Å². The number of fused-ring (bicyclic) bond motifs is 1. The van der Waals surface area contributed by atoms with Crippen LogP contribution in [-0.2, 0) is 35.0 Å². The number of methoxy groups -OCH3 is 1. The second kappa shape index (κ2) is 7.67. The summed E-state index contributed by atoms with van der Waals surface area (Å²) in [7, 11) is 1.39. The maximum absolute atomic E-state index is 14.4. The van der Waals surface area contributed by atoms with E-state index in [1.165, 1.54) is 13.4 Å². The largest absolute Gasteiger partial charge is 0.491 e. The van der Waals surface area contributed by atoms with Crippen LogP contribution in [0.25, 0.3) is 0 Å². The maximum Gasteiger partial charge on any atom is 0.208 e. The molecule has 0 radical (unpaired) electrons. The fourth-order valence-corrected chi connectivity index (χ4v) is 5.68. The molecule has 2 aliphatic carbocycles. The van der Waals surface area contributed by atoms with Gasteiger partial charge >= 0.3 is 0 Å². The first-order chi connectivity index (χ1) is 15.1. The van der Waals surface area contributed by atoms with Crippen molar-refractivity contribution in [3.05, 3.63) is 17.8 Å². The van der Waals surface area contributed by atoms with Gasteiger partial charge in [0.15, 0.2) is 29.4 Å². The van der Waals surface area contributed by atoms with E-state index in [0.717, 1.165) is 51.4 Å². The summed E-state index contributed by atoms with van der Waals surface area (Å²) in [4.78, 5) is 0. The molecule has 0 N–H and O–H groups in total. The van der Waals surface area contributed by atoms with Crippen LogP contribution in [0.3, 0.4) is 0 Å². The van der Waals surface area contributed by atoms with Crippen LogP contribution in [0.5, 0.6) is 5.75 Å². The summed E-state index contributed by atoms with van der Waals surface area (Å²) in [6.45, 7) is 0.357. The van der Waals surface area contributed by atoms with Gasteiger partial charge in [-0.25, -0.2) is 0 Å². The highest BCUT2D eigenvalue weighted by Gasteiger charge is 2.62. The molecule has 4 heterocycles. The van der Waals surface area contributed by atoms with Crippen LogP contribution in [0.1, 0.15) is 57.1 Å². The van der Waals surface area contributed by atoms with Crippen LogP contribution in [0.2, 0.25) is 0 Å². The van der Waals surface area contributed by atoms with Gasteiger partial charge in [-0.2, -0.15) is 4.39 Å². The number of hydrogen-bond acceptors (Lipinski definition) is 8. The Kier molecular flexibility index (Phi) is 5.05. The lowest BCUT2D eigenvalue weighted by molar-refractivity contribution is -0.249. The summed E-state index contributed by atoms with van der Waals surface area (Å²) in [5, 5.41) is 0. The zero-order valence-electron chi connectivity index (χ0n) is 17.7. The second-order valence-corrected chi connectivity index (χ2v) is 9.19. The van der Waals surface area contributed by atoms with Gasteiger partial charge in [0.05, 0.1) is 13.7 Å². The fraction of sp³-hybridized carbons (Fsp3) is 0.818. The Hall–Kier alpha value is -1.23. The molecule has 3 saturated heterocycles. The van der Waals surface area contributed by atoms with E-state index >= 15 is 0 Å². The van der Waals surface area contributed by atoms with E-state index in [1.54, 1.807) is 0 Å². The van der Waals surface area contributed by atoms with Gasteiger partial charge in [0.2, 0.25) is 5.82 Å². The minimum absolute atomic E-state index is 0.0526. The second-order valence-electron chi connectivity index (χ2n) is 9.19. The lowest BCUT2D eigenvalue weighted by Gasteiger charge is -2.30. The first kappa shape index (κ1) is 20.4. The van der Waals surface area contributed by atoms with Crippen molar-refractivity contribution in [3.8, 4) is 5.75 Å². The predicted molar refractivity (Wildman–Crippen MR) is 102 cm³/mol. The van der Waals surface area contributed by atoms with Crippen LogP contribution in [-0.4, -0.2) is 56.0 Å². The SMILES string of the molecule is COc1coc(CO[C@@H]2[C@H]3OC4(CCCC4)O[C@H]3O[C@@H]2[C@H]2COC3(CCCC3)O2)c1F. The Labute approximate surface area is 180 Å². The smallest absolute Gasteiger partial charge is 0.208 e. The molecule has 2 spiro atoms. The first-order valence-electron chi connectivity index (χ1n) is 11.3. The minimum Gasteiger partial charge on any atom is -0.491 e. The molecule has 5 fully saturated rings. The lowest BCUT2D eigenvalue weighted by atomic mass is 10.1. The van der Waals surface area contributed by atoms with Gasteiger partial charge in [0.25, 0.3) is 0 Å². The van der Waals surface area contributed by atoms with E-state index in [4.69, 9.17) is 37.6 Å². The summed E-state index contributed by atoms with van der Waals surface area (Å²) in [6, 6.07) is 0. The third-order valence-electron chi connectivity index (χ3n) is 7.26. The predicted octanol–water partition coefficient (Wildman–Crippen LogP) is 3.41. The van der Waals surface area contributed by atoms with E-state index in [9.17, 15) is 4.39 Å². The average molecular weight is 440 g/mol. The molecule has 3 aliphatic heterocycles. The molecule has 1 aromatic rings. The molecule has 1 aromatic heterocycles. The highest BCUT2D eigenvalue weighted by molar-refractivity contribution is 5.22. The third-order valence-corrected chi connectivity index (χ3v) is 7.26. The van der Waals surface area contributed by atoms with Crippen molar-refractivity contribution in [3.63, 3.8) is 0 Å². The van der Waals surface area contributed by atoms with Gasteiger partial charge in [-0.3, -0.25) is 0 Å². The molecule has 31 heavy (non-hydrogen) atoms. The maximum atomic E-state index is 14.4.